The van der Waals surface area contributed by atoms with Gasteiger partial charge in [-0.2, -0.15) is 4.31 Å². The maximum Gasteiger partial charge on any atom is 0.235 e. The number of carbonyl (C=O) groups is 1. The van der Waals surface area contributed by atoms with E-state index in [1.54, 1.807) is 0 Å². The lowest BCUT2D eigenvalue weighted by atomic mass is 10.0. The Kier molecular flexibility index (Phi) is 6.83. The number of nitrogens with zero attached hydrogens (tertiary/aromatic N) is 1. The Bertz CT molecular complexity index is 573. The molecule has 0 unspecified atom stereocenters. The highest BCUT2D eigenvalue weighted by Crippen LogP contribution is 2.11. The Hall–Kier alpha value is -1.60. The van der Waals surface area contributed by atoms with Crippen LogP contribution in [0.2, 0.25) is 0 Å². The fourth-order valence-corrected chi connectivity index (χ4v) is 2.15. The summed E-state index contributed by atoms with van der Waals surface area (Å²) in [5.74, 6) is 0.00146. The summed E-state index contributed by atoms with van der Waals surface area (Å²) in [4.78, 5) is 11.8. The standard InChI is InChI=1S/C15H25N3O3S/c1-12(2)14(17-13-8-6-5-7-9-13)10-16-15(19)11-18(3)22(4,20)21/h5-9,12,14,17H,10-11H2,1-4H3,(H,16,19)/t14-/m0/s1. The number of nitrogens with one attached hydrogen (secondary N) is 2. The van der Waals surface area contributed by atoms with Crippen LogP contribution in [0.5, 0.6) is 0 Å². The van der Waals surface area contributed by atoms with Gasteiger partial charge in [-0.15, -0.1) is 0 Å². The number of rotatable bonds is 8. The van der Waals surface area contributed by atoms with Crippen molar-refractivity contribution in [2.45, 2.75) is 19.9 Å². The van der Waals surface area contributed by atoms with Gasteiger partial charge in [0.1, 0.15) is 0 Å². The summed E-state index contributed by atoms with van der Waals surface area (Å²) in [5.41, 5.74) is 0.990. The molecule has 6 nitrogen and oxygen atoms in total. The molecule has 1 amide bonds. The van der Waals surface area contributed by atoms with Crippen LogP contribution in [-0.4, -0.2) is 51.1 Å². The summed E-state index contributed by atoms with van der Waals surface area (Å²) in [5, 5.41) is 6.15. The molecule has 0 saturated heterocycles. The van der Waals surface area contributed by atoms with E-state index in [2.05, 4.69) is 24.5 Å². The maximum absolute atomic E-state index is 11.8. The monoisotopic (exact) mass is 327 g/mol. The highest BCUT2D eigenvalue weighted by molar-refractivity contribution is 7.88. The second-order valence-electron chi connectivity index (χ2n) is 5.68. The lowest BCUT2D eigenvalue weighted by molar-refractivity contribution is -0.121. The fraction of sp³-hybridized carbons (Fsp3) is 0.533. The number of hydrogen-bond acceptors (Lipinski definition) is 4. The van der Waals surface area contributed by atoms with Gasteiger partial charge in [-0.25, -0.2) is 8.42 Å². The van der Waals surface area contributed by atoms with Crippen LogP contribution in [0.25, 0.3) is 0 Å². The Morgan fingerprint density at radius 1 is 1.23 bits per heavy atom. The van der Waals surface area contributed by atoms with Gasteiger partial charge in [0, 0.05) is 25.3 Å². The van der Waals surface area contributed by atoms with Crippen LogP contribution in [0.15, 0.2) is 30.3 Å². The first-order chi connectivity index (χ1) is 10.2. The summed E-state index contributed by atoms with van der Waals surface area (Å²) in [6.07, 6.45) is 1.08. The molecular formula is C15H25N3O3S. The molecule has 0 aliphatic heterocycles. The molecule has 0 aliphatic rings. The van der Waals surface area contributed by atoms with Crippen molar-refractivity contribution < 1.29 is 13.2 Å². The van der Waals surface area contributed by atoms with Crippen molar-refractivity contribution >= 4 is 21.6 Å². The van der Waals surface area contributed by atoms with E-state index < -0.39 is 10.0 Å². The fourth-order valence-electron chi connectivity index (χ4n) is 1.80. The molecule has 0 radical (unpaired) electrons. The van der Waals surface area contributed by atoms with Gasteiger partial charge in [0.15, 0.2) is 0 Å². The predicted molar refractivity (Wildman–Crippen MR) is 89.2 cm³/mol. The summed E-state index contributed by atoms with van der Waals surface area (Å²) >= 11 is 0. The van der Waals surface area contributed by atoms with Crippen LogP contribution in [0, 0.1) is 5.92 Å². The van der Waals surface area contributed by atoms with Crippen LogP contribution in [0.3, 0.4) is 0 Å². The number of sulfonamides is 1. The van der Waals surface area contributed by atoms with E-state index in [9.17, 15) is 13.2 Å². The summed E-state index contributed by atoms with van der Waals surface area (Å²) in [6.45, 7) is 4.39. The highest BCUT2D eigenvalue weighted by atomic mass is 32.2. The van der Waals surface area contributed by atoms with Crippen molar-refractivity contribution in [1.82, 2.24) is 9.62 Å². The van der Waals surface area contributed by atoms with Gasteiger partial charge in [0.05, 0.1) is 12.8 Å². The van der Waals surface area contributed by atoms with Crippen molar-refractivity contribution in [3.63, 3.8) is 0 Å². The van der Waals surface area contributed by atoms with E-state index >= 15 is 0 Å². The molecular weight excluding hydrogens is 302 g/mol. The second kappa shape index (κ2) is 8.14. The number of amides is 1. The summed E-state index contributed by atoms with van der Waals surface area (Å²) in [6, 6.07) is 9.83. The second-order valence-corrected chi connectivity index (χ2v) is 7.77. The highest BCUT2D eigenvalue weighted by Gasteiger charge is 2.18. The lowest BCUT2D eigenvalue weighted by Crippen LogP contribution is -2.43. The van der Waals surface area contributed by atoms with Crippen molar-refractivity contribution in [2.75, 3.05) is 31.7 Å². The van der Waals surface area contributed by atoms with Crippen molar-refractivity contribution in [2.24, 2.45) is 5.92 Å². The molecule has 1 atom stereocenters. The minimum Gasteiger partial charge on any atom is -0.380 e. The minimum absolute atomic E-state index is 0.0647. The van der Waals surface area contributed by atoms with Gasteiger partial charge < -0.3 is 10.6 Å². The molecule has 1 aromatic rings. The number of benzene rings is 1. The largest absolute Gasteiger partial charge is 0.380 e. The van der Waals surface area contributed by atoms with Crippen molar-refractivity contribution in [3.8, 4) is 0 Å². The average molecular weight is 327 g/mol. The molecule has 0 bridgehead atoms. The predicted octanol–water partition coefficient (Wildman–Crippen LogP) is 1.13. The zero-order chi connectivity index (χ0) is 16.8. The van der Waals surface area contributed by atoms with Crippen LogP contribution in [0.4, 0.5) is 5.69 Å². The number of likely N-dealkylation sites (N-methyl/N-ethyl adjacent to an activating group) is 1. The topological polar surface area (TPSA) is 78.5 Å². The van der Waals surface area contributed by atoms with Crippen molar-refractivity contribution in [3.05, 3.63) is 30.3 Å². The number of hydrogen-bond donors (Lipinski definition) is 2. The third-order valence-corrected chi connectivity index (χ3v) is 4.64. The molecule has 1 aromatic carbocycles. The molecule has 0 heterocycles. The summed E-state index contributed by atoms with van der Waals surface area (Å²) in [7, 11) is -1.96. The Morgan fingerprint density at radius 2 is 1.82 bits per heavy atom. The van der Waals surface area contributed by atoms with E-state index in [1.807, 2.05) is 30.3 Å². The quantitative estimate of drug-likeness (QED) is 0.750. The molecule has 0 fully saturated rings. The van der Waals surface area contributed by atoms with E-state index in [0.717, 1.165) is 16.2 Å². The molecule has 0 spiro atoms. The molecule has 1 rings (SSSR count). The van der Waals surface area contributed by atoms with Crippen LogP contribution < -0.4 is 10.6 Å². The Morgan fingerprint density at radius 3 is 2.32 bits per heavy atom. The molecule has 7 heteroatoms. The van der Waals surface area contributed by atoms with E-state index in [4.69, 9.17) is 0 Å². The van der Waals surface area contributed by atoms with E-state index in [-0.39, 0.29) is 18.5 Å². The van der Waals surface area contributed by atoms with Gasteiger partial charge in [-0.1, -0.05) is 32.0 Å². The zero-order valence-corrected chi connectivity index (χ0v) is 14.4. The smallest absolute Gasteiger partial charge is 0.235 e. The number of para-hydroxylation sites is 1. The van der Waals surface area contributed by atoms with Crippen LogP contribution in [0.1, 0.15) is 13.8 Å². The van der Waals surface area contributed by atoms with E-state index in [0.29, 0.717) is 12.5 Å². The Balaban J connectivity index is 2.53. The maximum atomic E-state index is 11.8. The first kappa shape index (κ1) is 18.4. The van der Waals surface area contributed by atoms with E-state index in [1.165, 1.54) is 7.05 Å². The van der Waals surface area contributed by atoms with Gasteiger partial charge in [-0.3, -0.25) is 4.79 Å². The first-order valence-electron chi connectivity index (χ1n) is 7.19. The van der Waals surface area contributed by atoms with Gasteiger partial charge in [-0.05, 0) is 18.1 Å². The molecule has 2 N–H and O–H groups in total. The minimum atomic E-state index is -3.34. The molecule has 0 aromatic heterocycles. The van der Waals surface area contributed by atoms with Gasteiger partial charge >= 0.3 is 0 Å². The Labute approximate surface area is 132 Å². The number of carbonyl (C=O) groups excluding carboxylic acids is 1. The first-order valence-corrected chi connectivity index (χ1v) is 9.04. The normalized spacial score (nSPS) is 13.2. The van der Waals surface area contributed by atoms with Gasteiger partial charge in [0.25, 0.3) is 0 Å². The average Bonchev–Trinajstić information content (AvgIpc) is 2.43. The van der Waals surface area contributed by atoms with Crippen LogP contribution in [-0.2, 0) is 14.8 Å². The third kappa shape index (κ3) is 6.44. The van der Waals surface area contributed by atoms with Crippen LogP contribution >= 0.6 is 0 Å². The van der Waals surface area contributed by atoms with Crippen molar-refractivity contribution in [1.29, 1.82) is 0 Å². The third-order valence-electron chi connectivity index (χ3n) is 3.38. The lowest BCUT2D eigenvalue weighted by Gasteiger charge is -2.24. The molecule has 0 saturated carbocycles. The van der Waals surface area contributed by atoms with Gasteiger partial charge in [0.2, 0.25) is 15.9 Å². The molecule has 124 valence electrons. The SMILES string of the molecule is CC(C)[C@H](CNC(=O)CN(C)S(C)(=O)=O)Nc1ccccc1. The number of anilines is 1. The molecule has 22 heavy (non-hydrogen) atoms. The summed E-state index contributed by atoms with van der Waals surface area (Å²) < 4.78 is 23.6. The zero-order valence-electron chi connectivity index (χ0n) is 13.5. The molecule has 0 aliphatic carbocycles.